The highest BCUT2D eigenvalue weighted by molar-refractivity contribution is 5.95. The number of carboxylic acids is 1. The third-order valence-corrected chi connectivity index (χ3v) is 4.43. The minimum atomic E-state index is -0.917. The van der Waals surface area contributed by atoms with Gasteiger partial charge in [0, 0.05) is 6.54 Å². The highest BCUT2D eigenvalue weighted by atomic mass is 16.4. The van der Waals surface area contributed by atoms with Crippen LogP contribution in [0, 0.1) is 5.41 Å². The molecule has 2 rings (SSSR count). The van der Waals surface area contributed by atoms with Crippen LogP contribution in [0.3, 0.4) is 0 Å². The second-order valence-electron chi connectivity index (χ2n) is 5.96. The van der Waals surface area contributed by atoms with Gasteiger partial charge in [0.2, 0.25) is 0 Å². The molecule has 1 aromatic rings. The van der Waals surface area contributed by atoms with Crippen molar-refractivity contribution in [1.82, 2.24) is 10.2 Å². The van der Waals surface area contributed by atoms with Gasteiger partial charge in [0.15, 0.2) is 5.82 Å². The Hall–Kier alpha value is -1.65. The summed E-state index contributed by atoms with van der Waals surface area (Å²) < 4.78 is 0. The summed E-state index contributed by atoms with van der Waals surface area (Å²) >= 11 is 0. The second kappa shape index (κ2) is 6.41. The monoisotopic (exact) mass is 291 g/mol. The minimum Gasteiger partial charge on any atom is -0.478 e. The van der Waals surface area contributed by atoms with E-state index >= 15 is 0 Å². The number of hydrogen-bond acceptors (Lipinski definition) is 4. The first-order valence-corrected chi connectivity index (χ1v) is 7.92. The summed E-state index contributed by atoms with van der Waals surface area (Å²) in [7, 11) is 0. The van der Waals surface area contributed by atoms with Crippen LogP contribution in [-0.4, -0.2) is 27.8 Å². The van der Waals surface area contributed by atoms with E-state index in [9.17, 15) is 9.90 Å². The van der Waals surface area contributed by atoms with E-state index in [2.05, 4.69) is 22.4 Å². The van der Waals surface area contributed by atoms with Gasteiger partial charge in [-0.3, -0.25) is 0 Å². The summed E-state index contributed by atoms with van der Waals surface area (Å²) in [6.45, 7) is 6.92. The SMILES string of the molecule is CCCC1(CNc2nnc(CC)c(CC)c2C(=O)O)CC1. The number of aromatic carboxylic acids is 1. The van der Waals surface area contributed by atoms with Crippen LogP contribution in [0.2, 0.25) is 0 Å². The van der Waals surface area contributed by atoms with E-state index in [1.165, 1.54) is 19.3 Å². The fraction of sp³-hybridized carbons (Fsp3) is 0.688. The van der Waals surface area contributed by atoms with Gasteiger partial charge >= 0.3 is 5.97 Å². The molecule has 1 fully saturated rings. The molecule has 1 aliphatic carbocycles. The minimum absolute atomic E-state index is 0.302. The summed E-state index contributed by atoms with van der Waals surface area (Å²) in [6, 6.07) is 0. The topological polar surface area (TPSA) is 75.1 Å². The van der Waals surface area contributed by atoms with Gasteiger partial charge in [0.05, 0.1) is 5.69 Å². The van der Waals surface area contributed by atoms with Gasteiger partial charge in [-0.2, -0.15) is 5.10 Å². The first-order chi connectivity index (χ1) is 10.1. The standard InChI is InChI=1S/C16H25N3O2/c1-4-7-16(8-9-16)10-17-14-13(15(20)21)11(5-2)12(6-3)18-19-14/h4-10H2,1-3H3,(H,17,19)(H,20,21). The number of nitrogens with one attached hydrogen (secondary N) is 1. The summed E-state index contributed by atoms with van der Waals surface area (Å²) in [6.07, 6.45) is 6.15. The lowest BCUT2D eigenvalue weighted by Gasteiger charge is -2.18. The van der Waals surface area contributed by atoms with Crippen molar-refractivity contribution in [2.45, 2.75) is 59.3 Å². The molecule has 0 saturated heterocycles. The zero-order chi connectivity index (χ0) is 15.5. The summed E-state index contributed by atoms with van der Waals surface area (Å²) in [5, 5.41) is 21.1. The molecule has 1 aromatic heterocycles. The van der Waals surface area contributed by atoms with Crippen molar-refractivity contribution in [2.24, 2.45) is 5.41 Å². The van der Waals surface area contributed by atoms with Crippen molar-refractivity contribution in [3.63, 3.8) is 0 Å². The zero-order valence-corrected chi connectivity index (χ0v) is 13.2. The largest absolute Gasteiger partial charge is 0.478 e. The van der Waals surface area contributed by atoms with Crippen LogP contribution in [-0.2, 0) is 12.8 Å². The van der Waals surface area contributed by atoms with E-state index in [4.69, 9.17) is 0 Å². The second-order valence-corrected chi connectivity index (χ2v) is 5.96. The van der Waals surface area contributed by atoms with Gasteiger partial charge in [-0.1, -0.05) is 27.2 Å². The van der Waals surface area contributed by atoms with E-state index in [1.807, 2.05) is 13.8 Å². The van der Waals surface area contributed by atoms with Crippen LogP contribution >= 0.6 is 0 Å². The van der Waals surface area contributed by atoms with Crippen LogP contribution in [0.1, 0.15) is 68.1 Å². The fourth-order valence-corrected chi connectivity index (χ4v) is 3.02. The summed E-state index contributed by atoms with van der Waals surface area (Å²) in [5.74, 6) is -0.488. The molecule has 21 heavy (non-hydrogen) atoms. The lowest BCUT2D eigenvalue weighted by atomic mass is 10.00. The van der Waals surface area contributed by atoms with Crippen molar-refractivity contribution in [2.75, 3.05) is 11.9 Å². The Bertz CT molecular complexity index is 524. The van der Waals surface area contributed by atoms with Gasteiger partial charge < -0.3 is 10.4 Å². The summed E-state index contributed by atoms with van der Waals surface area (Å²) in [5.41, 5.74) is 2.25. The molecule has 5 nitrogen and oxygen atoms in total. The van der Waals surface area contributed by atoms with Crippen molar-refractivity contribution in [3.05, 3.63) is 16.8 Å². The van der Waals surface area contributed by atoms with Gasteiger partial charge in [-0.05, 0) is 43.1 Å². The third-order valence-electron chi connectivity index (χ3n) is 4.43. The van der Waals surface area contributed by atoms with Crippen LogP contribution < -0.4 is 5.32 Å². The number of anilines is 1. The molecule has 0 unspecified atom stereocenters. The van der Waals surface area contributed by atoms with E-state index in [0.29, 0.717) is 29.6 Å². The highest BCUT2D eigenvalue weighted by Gasteiger charge is 2.41. The molecule has 0 radical (unpaired) electrons. The van der Waals surface area contributed by atoms with Crippen molar-refractivity contribution in [3.8, 4) is 0 Å². The Morgan fingerprint density at radius 3 is 2.43 bits per heavy atom. The van der Waals surface area contributed by atoms with Gasteiger partial charge in [-0.25, -0.2) is 4.79 Å². The molecule has 1 heterocycles. The number of carbonyl (C=O) groups is 1. The van der Waals surface area contributed by atoms with E-state index in [1.54, 1.807) is 0 Å². The average molecular weight is 291 g/mol. The summed E-state index contributed by atoms with van der Waals surface area (Å²) in [4.78, 5) is 11.6. The molecule has 0 atom stereocenters. The number of hydrogen-bond donors (Lipinski definition) is 2. The zero-order valence-electron chi connectivity index (χ0n) is 13.2. The highest BCUT2D eigenvalue weighted by Crippen LogP contribution is 2.49. The predicted molar refractivity (Wildman–Crippen MR) is 82.8 cm³/mol. The van der Waals surface area contributed by atoms with Gasteiger partial charge in [0.1, 0.15) is 5.56 Å². The molecular formula is C16H25N3O2. The molecule has 2 N–H and O–H groups in total. The molecule has 0 spiro atoms. The van der Waals surface area contributed by atoms with Crippen LogP contribution in [0.4, 0.5) is 5.82 Å². The fourth-order valence-electron chi connectivity index (χ4n) is 3.02. The normalized spacial score (nSPS) is 15.8. The van der Waals surface area contributed by atoms with E-state index in [-0.39, 0.29) is 0 Å². The quantitative estimate of drug-likeness (QED) is 0.768. The first kappa shape index (κ1) is 15.7. The average Bonchev–Trinajstić information content (AvgIpc) is 3.24. The Morgan fingerprint density at radius 2 is 1.95 bits per heavy atom. The smallest absolute Gasteiger partial charge is 0.339 e. The van der Waals surface area contributed by atoms with E-state index in [0.717, 1.165) is 24.2 Å². The van der Waals surface area contributed by atoms with Crippen molar-refractivity contribution in [1.29, 1.82) is 0 Å². The Morgan fingerprint density at radius 1 is 1.24 bits per heavy atom. The maximum absolute atomic E-state index is 11.6. The Balaban J connectivity index is 2.24. The van der Waals surface area contributed by atoms with Gasteiger partial charge in [-0.15, -0.1) is 5.10 Å². The number of aryl methyl sites for hydroxylation is 1. The van der Waals surface area contributed by atoms with E-state index < -0.39 is 5.97 Å². The van der Waals surface area contributed by atoms with Gasteiger partial charge in [0.25, 0.3) is 0 Å². The lowest BCUT2D eigenvalue weighted by Crippen LogP contribution is -2.20. The first-order valence-electron chi connectivity index (χ1n) is 7.92. The van der Waals surface area contributed by atoms with Crippen LogP contribution in [0.25, 0.3) is 0 Å². The van der Waals surface area contributed by atoms with Crippen molar-refractivity contribution >= 4 is 11.8 Å². The van der Waals surface area contributed by atoms with Crippen LogP contribution in [0.15, 0.2) is 0 Å². The number of aromatic nitrogens is 2. The molecule has 0 aliphatic heterocycles. The lowest BCUT2D eigenvalue weighted by molar-refractivity contribution is 0.0696. The Labute approximate surface area is 126 Å². The maximum Gasteiger partial charge on any atom is 0.339 e. The molecule has 1 saturated carbocycles. The molecule has 5 heteroatoms. The molecule has 0 bridgehead atoms. The van der Waals surface area contributed by atoms with Crippen LogP contribution in [0.5, 0.6) is 0 Å². The Kier molecular flexibility index (Phi) is 4.80. The predicted octanol–water partition coefficient (Wildman–Crippen LogP) is 3.29. The number of nitrogens with zero attached hydrogens (tertiary/aromatic N) is 2. The van der Waals surface area contributed by atoms with Crippen molar-refractivity contribution < 1.29 is 9.90 Å². The molecule has 0 aromatic carbocycles. The molecule has 116 valence electrons. The molecule has 0 amide bonds. The molecule has 1 aliphatic rings. The third kappa shape index (κ3) is 3.34. The molecular weight excluding hydrogens is 266 g/mol. The number of carboxylic acid groups (broad SMARTS) is 1. The number of rotatable bonds is 8. The maximum atomic E-state index is 11.6.